The summed E-state index contributed by atoms with van der Waals surface area (Å²) < 4.78 is 15.5. The number of aromatic amines is 1. The van der Waals surface area contributed by atoms with Crippen LogP contribution in [0.4, 0.5) is 15.8 Å². The number of pyridine rings is 2. The fourth-order valence-corrected chi connectivity index (χ4v) is 3.56. The molecule has 5 nitrogen and oxygen atoms in total. The number of H-pyrrole nitrogens is 1. The van der Waals surface area contributed by atoms with Crippen LogP contribution in [0.2, 0.25) is 0 Å². The number of nitrogens with one attached hydrogen (secondary N) is 2. The molecular weight excluding hydrogens is 401 g/mol. The van der Waals surface area contributed by atoms with E-state index in [1.807, 2.05) is 24.3 Å². The van der Waals surface area contributed by atoms with Crippen LogP contribution in [-0.4, -0.2) is 15.0 Å². The summed E-state index contributed by atoms with van der Waals surface area (Å²) in [6.45, 7) is 6.11. The van der Waals surface area contributed by atoms with E-state index in [0.717, 1.165) is 41.0 Å². The van der Waals surface area contributed by atoms with Gasteiger partial charge in [0.05, 0.1) is 11.9 Å². The molecule has 6 heteroatoms. The number of halogens is 1. The highest BCUT2D eigenvalue weighted by atomic mass is 19.1. The van der Waals surface area contributed by atoms with E-state index in [-0.39, 0.29) is 5.82 Å². The Morgan fingerprint density at radius 1 is 1.22 bits per heavy atom. The highest BCUT2D eigenvalue weighted by Gasteiger charge is 2.16. The van der Waals surface area contributed by atoms with Crippen LogP contribution in [0, 0.1) is 18.7 Å². The number of allylic oxidation sites excluding steroid dienone is 1. The topological polar surface area (TPSA) is 79.6 Å². The number of hydrogen-bond donors (Lipinski definition) is 3. The molecule has 0 aliphatic rings. The molecule has 32 heavy (non-hydrogen) atoms. The molecule has 0 spiro atoms. The van der Waals surface area contributed by atoms with Crippen molar-refractivity contribution in [2.75, 3.05) is 11.1 Å². The number of fused-ring (bicyclic) bond motifs is 1. The van der Waals surface area contributed by atoms with Crippen molar-refractivity contribution in [3.63, 3.8) is 0 Å². The van der Waals surface area contributed by atoms with Crippen LogP contribution in [0.1, 0.15) is 31.0 Å². The third-order valence-corrected chi connectivity index (χ3v) is 5.02. The molecule has 1 aromatic carbocycles. The van der Waals surface area contributed by atoms with Crippen molar-refractivity contribution in [2.24, 2.45) is 0 Å². The van der Waals surface area contributed by atoms with E-state index >= 15 is 4.39 Å². The first-order valence-corrected chi connectivity index (χ1v) is 10.3. The molecule has 4 N–H and O–H groups in total. The minimum Gasteiger partial charge on any atom is -0.398 e. The lowest BCUT2D eigenvalue weighted by Gasteiger charge is -2.13. The highest BCUT2D eigenvalue weighted by molar-refractivity contribution is 5.77. The predicted molar refractivity (Wildman–Crippen MR) is 131 cm³/mol. The van der Waals surface area contributed by atoms with Gasteiger partial charge in [0.2, 0.25) is 0 Å². The van der Waals surface area contributed by atoms with Gasteiger partial charge in [0.25, 0.3) is 0 Å². The molecule has 0 amide bonds. The molecule has 0 bridgehead atoms. The summed E-state index contributed by atoms with van der Waals surface area (Å²) in [6.07, 6.45) is 15.3. The average molecular weight is 428 g/mol. The minimum atomic E-state index is -0.340. The van der Waals surface area contributed by atoms with E-state index < -0.39 is 0 Å². The zero-order valence-electron chi connectivity index (χ0n) is 18.0. The maximum Gasteiger partial charge on any atom is 0.137 e. The van der Waals surface area contributed by atoms with Gasteiger partial charge in [-0.15, -0.1) is 12.8 Å². The van der Waals surface area contributed by atoms with Gasteiger partial charge in [-0.05, 0) is 42.8 Å². The second-order valence-electron chi connectivity index (χ2n) is 7.35. The van der Waals surface area contributed by atoms with Crippen molar-refractivity contribution in [2.45, 2.75) is 26.2 Å². The summed E-state index contributed by atoms with van der Waals surface area (Å²) in [7, 11) is 0. The number of hydrogen-bond acceptors (Lipinski definition) is 4. The Labute approximate surface area is 187 Å². The highest BCUT2D eigenvalue weighted by Crippen LogP contribution is 2.31. The van der Waals surface area contributed by atoms with Crippen LogP contribution >= 0.6 is 0 Å². The number of rotatable bonds is 7. The van der Waals surface area contributed by atoms with Crippen molar-refractivity contribution >= 4 is 22.4 Å². The lowest BCUT2D eigenvalue weighted by atomic mass is 9.99. The van der Waals surface area contributed by atoms with Gasteiger partial charge < -0.3 is 16.0 Å². The lowest BCUT2D eigenvalue weighted by molar-refractivity contribution is 0.618. The Morgan fingerprint density at radius 3 is 2.78 bits per heavy atom. The third kappa shape index (κ3) is 4.96. The fourth-order valence-electron chi connectivity index (χ4n) is 3.56. The van der Waals surface area contributed by atoms with E-state index in [9.17, 15) is 0 Å². The molecule has 3 aromatic heterocycles. The van der Waals surface area contributed by atoms with E-state index in [1.165, 1.54) is 0 Å². The molecule has 3 heterocycles. The smallest absolute Gasteiger partial charge is 0.137 e. The van der Waals surface area contributed by atoms with Crippen molar-refractivity contribution in [3.8, 4) is 24.0 Å². The Hall–Kier alpha value is -4.11. The lowest BCUT2D eigenvalue weighted by Crippen LogP contribution is -2.03. The quantitative estimate of drug-likeness (QED) is 0.253. The SMILES string of the molecule is C#C.C=C(CCC)Nc1cncc(-c2ccc(N)c(Cc3cc4cccnc4[nH]3)c2F)c1. The van der Waals surface area contributed by atoms with Crippen LogP contribution in [0.25, 0.3) is 22.2 Å². The number of nitrogen functional groups attached to an aromatic ring is 1. The van der Waals surface area contributed by atoms with Gasteiger partial charge in [0.15, 0.2) is 0 Å². The molecule has 4 aromatic rings. The Morgan fingerprint density at radius 2 is 2.03 bits per heavy atom. The summed E-state index contributed by atoms with van der Waals surface area (Å²) in [4.78, 5) is 11.8. The maximum atomic E-state index is 15.5. The number of nitrogens with zero attached hydrogens (tertiary/aromatic N) is 2. The molecule has 0 atom stereocenters. The van der Waals surface area contributed by atoms with Gasteiger partial charge >= 0.3 is 0 Å². The summed E-state index contributed by atoms with van der Waals surface area (Å²) in [5, 5.41) is 4.22. The maximum absolute atomic E-state index is 15.5. The van der Waals surface area contributed by atoms with Crippen molar-refractivity contribution < 1.29 is 4.39 Å². The number of nitrogens with two attached hydrogens (primary N) is 1. The Bertz CT molecular complexity index is 1220. The first-order chi connectivity index (χ1) is 15.5. The monoisotopic (exact) mass is 427 g/mol. The first kappa shape index (κ1) is 22.6. The molecule has 0 aliphatic heterocycles. The molecule has 0 saturated carbocycles. The zero-order valence-corrected chi connectivity index (χ0v) is 18.0. The van der Waals surface area contributed by atoms with E-state index in [0.29, 0.717) is 28.8 Å². The molecule has 0 aliphatic carbocycles. The van der Waals surface area contributed by atoms with Gasteiger partial charge in [0, 0.05) is 58.0 Å². The van der Waals surface area contributed by atoms with Crippen molar-refractivity contribution in [1.82, 2.24) is 15.0 Å². The Kier molecular flexibility index (Phi) is 7.25. The standard InChI is InChI=1S/C24H24FN5.C2H2/c1-3-5-15(2)29-19-11-17(13-27-14-19)20-7-8-22(26)21(23(20)25)12-18-10-16-6-4-9-28-24(16)30-18;1-2/h4,6-11,13-14,29H,2-3,5,12,26H2,1H3,(H,28,30);1-2H. The zero-order chi connectivity index (χ0) is 23.1. The number of aromatic nitrogens is 3. The molecule has 0 radical (unpaired) electrons. The fraction of sp³-hybridized carbons (Fsp3) is 0.154. The summed E-state index contributed by atoms with van der Waals surface area (Å²) in [5.41, 5.74) is 11.5. The third-order valence-electron chi connectivity index (χ3n) is 5.02. The van der Waals surface area contributed by atoms with E-state index in [1.54, 1.807) is 30.7 Å². The summed E-state index contributed by atoms with van der Waals surface area (Å²) in [6, 6.07) is 11.1. The number of benzene rings is 1. The predicted octanol–water partition coefficient (Wildman–Crippen LogP) is 5.91. The molecule has 162 valence electrons. The molecular formula is C26H26FN5. The van der Waals surface area contributed by atoms with Gasteiger partial charge in [-0.2, -0.15) is 0 Å². The van der Waals surface area contributed by atoms with Gasteiger partial charge in [0.1, 0.15) is 11.5 Å². The first-order valence-electron chi connectivity index (χ1n) is 10.3. The van der Waals surface area contributed by atoms with Crippen LogP contribution in [0.3, 0.4) is 0 Å². The summed E-state index contributed by atoms with van der Waals surface area (Å²) >= 11 is 0. The van der Waals surface area contributed by atoms with E-state index in [2.05, 4.69) is 46.6 Å². The summed E-state index contributed by atoms with van der Waals surface area (Å²) in [5.74, 6) is -0.340. The van der Waals surface area contributed by atoms with Crippen molar-refractivity contribution in [3.05, 3.63) is 84.3 Å². The molecule has 0 fully saturated rings. The van der Waals surface area contributed by atoms with Crippen molar-refractivity contribution in [1.29, 1.82) is 0 Å². The van der Waals surface area contributed by atoms with Crippen LogP contribution in [0.5, 0.6) is 0 Å². The number of anilines is 2. The normalized spacial score (nSPS) is 10.4. The van der Waals surface area contributed by atoms with Gasteiger partial charge in [-0.25, -0.2) is 9.37 Å². The van der Waals surface area contributed by atoms with Crippen LogP contribution < -0.4 is 11.1 Å². The second-order valence-corrected chi connectivity index (χ2v) is 7.35. The van der Waals surface area contributed by atoms with Gasteiger partial charge in [-0.3, -0.25) is 4.98 Å². The van der Waals surface area contributed by atoms with E-state index in [4.69, 9.17) is 5.73 Å². The average Bonchev–Trinajstić information content (AvgIpc) is 3.21. The van der Waals surface area contributed by atoms with Gasteiger partial charge in [-0.1, -0.05) is 19.9 Å². The minimum absolute atomic E-state index is 0.340. The van der Waals surface area contributed by atoms with Crippen LogP contribution in [-0.2, 0) is 6.42 Å². The largest absolute Gasteiger partial charge is 0.398 e. The number of terminal acetylenes is 1. The van der Waals surface area contributed by atoms with Crippen LogP contribution in [0.15, 0.2) is 67.3 Å². The molecule has 4 rings (SSSR count). The molecule has 0 unspecified atom stereocenters. The Balaban J connectivity index is 0.00000141. The second kappa shape index (κ2) is 10.3. The molecule has 0 saturated heterocycles.